The number of anilines is 1. The summed E-state index contributed by atoms with van der Waals surface area (Å²) in [6, 6.07) is 10.9. The number of benzene rings is 2. The van der Waals surface area contributed by atoms with Gasteiger partial charge in [-0.15, -0.1) is 38.0 Å². The Hall–Kier alpha value is -2.01. The molecule has 1 N–H and O–H groups in total. The SMILES string of the molecule is Cl.Cl.N=c1sc2cc(OC(F)(F)F)ccc2n1CCN1CCN(c2ccccc2F)CC1. The maximum atomic E-state index is 14.0. The Labute approximate surface area is 198 Å². The van der Waals surface area contributed by atoms with Gasteiger partial charge in [-0.2, -0.15) is 0 Å². The summed E-state index contributed by atoms with van der Waals surface area (Å²) in [5, 5.41) is 8.18. The monoisotopic (exact) mass is 512 g/mol. The summed E-state index contributed by atoms with van der Waals surface area (Å²) < 4.78 is 57.6. The van der Waals surface area contributed by atoms with Crippen LogP contribution in [-0.4, -0.2) is 48.6 Å². The number of alkyl halides is 3. The molecular weight excluding hydrogens is 491 g/mol. The highest BCUT2D eigenvalue weighted by Gasteiger charge is 2.31. The fraction of sp³-hybridized carbons (Fsp3) is 0.350. The van der Waals surface area contributed by atoms with Crippen LogP contribution in [0.1, 0.15) is 0 Å². The van der Waals surface area contributed by atoms with Crippen molar-refractivity contribution in [3.8, 4) is 5.75 Å². The molecule has 0 spiro atoms. The Balaban J connectivity index is 0.00000181. The summed E-state index contributed by atoms with van der Waals surface area (Å²) in [6.45, 7) is 4.22. The second-order valence-corrected chi connectivity index (χ2v) is 8.05. The van der Waals surface area contributed by atoms with Gasteiger partial charge in [0, 0.05) is 39.3 Å². The number of rotatable bonds is 5. The molecule has 1 fully saturated rings. The van der Waals surface area contributed by atoms with E-state index < -0.39 is 6.36 Å². The van der Waals surface area contributed by atoms with Crippen LogP contribution in [0.5, 0.6) is 5.75 Å². The second-order valence-electron chi connectivity index (χ2n) is 7.02. The Kier molecular flexibility index (Phi) is 8.81. The van der Waals surface area contributed by atoms with Crippen molar-refractivity contribution < 1.29 is 22.3 Å². The summed E-state index contributed by atoms with van der Waals surface area (Å²) in [5.74, 6) is -0.508. The van der Waals surface area contributed by atoms with E-state index in [0.29, 0.717) is 42.1 Å². The lowest BCUT2D eigenvalue weighted by atomic mass is 10.2. The zero-order valence-electron chi connectivity index (χ0n) is 16.8. The lowest BCUT2D eigenvalue weighted by Gasteiger charge is -2.36. The normalized spacial score (nSPS) is 14.7. The molecule has 176 valence electrons. The van der Waals surface area contributed by atoms with Crippen LogP contribution in [0.25, 0.3) is 10.2 Å². The highest BCUT2D eigenvalue weighted by atomic mass is 35.5. The molecule has 1 aliphatic heterocycles. The molecule has 4 rings (SSSR count). The van der Waals surface area contributed by atoms with Crippen molar-refractivity contribution in [2.45, 2.75) is 12.9 Å². The first-order chi connectivity index (χ1) is 14.3. The smallest absolute Gasteiger partial charge is 0.406 e. The number of hydrogen-bond acceptors (Lipinski definition) is 5. The Morgan fingerprint density at radius 3 is 2.31 bits per heavy atom. The number of thiazole rings is 1. The van der Waals surface area contributed by atoms with Gasteiger partial charge in [-0.25, -0.2) is 4.39 Å². The van der Waals surface area contributed by atoms with Crippen molar-refractivity contribution in [1.82, 2.24) is 9.47 Å². The van der Waals surface area contributed by atoms with Crippen LogP contribution < -0.4 is 14.4 Å². The van der Waals surface area contributed by atoms with Crippen LogP contribution in [-0.2, 0) is 6.54 Å². The summed E-state index contributed by atoms with van der Waals surface area (Å²) in [4.78, 5) is 4.55. The van der Waals surface area contributed by atoms with Crippen molar-refractivity contribution in [2.24, 2.45) is 0 Å². The van der Waals surface area contributed by atoms with Gasteiger partial charge in [0.25, 0.3) is 0 Å². The van der Waals surface area contributed by atoms with Crippen molar-refractivity contribution in [3.05, 3.63) is 53.1 Å². The molecular formula is C20H22Cl2F4N4OS. The number of aromatic nitrogens is 1. The van der Waals surface area contributed by atoms with Gasteiger partial charge < -0.3 is 14.2 Å². The van der Waals surface area contributed by atoms with Crippen LogP contribution in [0, 0.1) is 11.2 Å². The molecule has 0 unspecified atom stereocenters. The van der Waals surface area contributed by atoms with Crippen LogP contribution >= 0.6 is 36.2 Å². The third kappa shape index (κ3) is 6.06. The molecule has 3 aromatic rings. The summed E-state index contributed by atoms with van der Waals surface area (Å²) in [5.41, 5.74) is 1.32. The number of piperazine rings is 1. The minimum atomic E-state index is -4.74. The van der Waals surface area contributed by atoms with Crippen LogP contribution in [0.3, 0.4) is 0 Å². The van der Waals surface area contributed by atoms with Gasteiger partial charge in [0.15, 0.2) is 4.80 Å². The van der Waals surface area contributed by atoms with Crippen molar-refractivity contribution in [1.29, 1.82) is 5.41 Å². The maximum absolute atomic E-state index is 14.0. The topological polar surface area (TPSA) is 44.5 Å². The van der Waals surface area contributed by atoms with Gasteiger partial charge in [-0.1, -0.05) is 23.5 Å². The summed E-state index contributed by atoms with van der Waals surface area (Å²) in [6.07, 6.45) is -4.74. The highest BCUT2D eigenvalue weighted by molar-refractivity contribution is 7.16. The van der Waals surface area contributed by atoms with Crippen molar-refractivity contribution in [3.63, 3.8) is 0 Å². The van der Waals surface area contributed by atoms with Crippen LogP contribution in [0.15, 0.2) is 42.5 Å². The van der Waals surface area contributed by atoms with Crippen LogP contribution in [0.4, 0.5) is 23.2 Å². The lowest BCUT2D eigenvalue weighted by Crippen LogP contribution is -2.47. The minimum absolute atomic E-state index is 0. The largest absolute Gasteiger partial charge is 0.573 e. The summed E-state index contributed by atoms with van der Waals surface area (Å²) >= 11 is 1.12. The molecule has 2 heterocycles. The quantitative estimate of drug-likeness (QED) is 0.495. The van der Waals surface area contributed by atoms with E-state index in [9.17, 15) is 17.6 Å². The Morgan fingerprint density at radius 1 is 0.969 bits per heavy atom. The molecule has 0 saturated carbocycles. The summed E-state index contributed by atoms with van der Waals surface area (Å²) in [7, 11) is 0. The first-order valence-corrected chi connectivity index (χ1v) is 10.3. The standard InChI is InChI=1S/C20H20F4N4OS.2ClH/c21-15-3-1-2-4-16(15)27-10-7-26(8-11-27)9-12-28-17-6-5-14(29-20(22,23)24)13-18(17)30-19(28)25;;/h1-6,13,25H,7-12H2;2*1H. The zero-order chi connectivity index (χ0) is 21.3. The molecule has 5 nitrogen and oxygen atoms in total. The van der Waals surface area contributed by atoms with E-state index in [-0.39, 0.29) is 41.2 Å². The van der Waals surface area contributed by atoms with Gasteiger partial charge in [-0.3, -0.25) is 10.3 Å². The van der Waals surface area contributed by atoms with Gasteiger partial charge in [0.05, 0.1) is 15.9 Å². The van der Waals surface area contributed by atoms with E-state index in [2.05, 4.69) is 9.64 Å². The van der Waals surface area contributed by atoms with E-state index >= 15 is 0 Å². The fourth-order valence-corrected chi connectivity index (χ4v) is 4.61. The number of nitrogens with one attached hydrogen (secondary N) is 1. The van der Waals surface area contributed by atoms with Crippen molar-refractivity contribution >= 4 is 52.1 Å². The fourth-order valence-electron chi connectivity index (χ4n) is 3.65. The average molecular weight is 513 g/mol. The molecule has 0 radical (unpaired) electrons. The number of halogens is 6. The number of hydrogen-bond donors (Lipinski definition) is 1. The molecule has 12 heteroatoms. The molecule has 1 aromatic heterocycles. The van der Waals surface area contributed by atoms with E-state index in [1.165, 1.54) is 18.2 Å². The zero-order valence-corrected chi connectivity index (χ0v) is 19.2. The molecule has 0 bridgehead atoms. The minimum Gasteiger partial charge on any atom is -0.406 e. The lowest BCUT2D eigenvalue weighted by molar-refractivity contribution is -0.274. The van der Waals surface area contributed by atoms with E-state index in [4.69, 9.17) is 5.41 Å². The van der Waals surface area contributed by atoms with E-state index in [0.717, 1.165) is 24.4 Å². The molecule has 1 aliphatic rings. The molecule has 1 saturated heterocycles. The first-order valence-electron chi connectivity index (χ1n) is 9.46. The second kappa shape index (κ2) is 10.7. The molecule has 32 heavy (non-hydrogen) atoms. The number of para-hydroxylation sites is 1. The maximum Gasteiger partial charge on any atom is 0.573 e. The predicted octanol–water partition coefficient (Wildman–Crippen LogP) is 4.89. The van der Waals surface area contributed by atoms with Crippen LogP contribution in [0.2, 0.25) is 0 Å². The molecule has 2 aromatic carbocycles. The van der Waals surface area contributed by atoms with Gasteiger partial charge in [0.2, 0.25) is 0 Å². The Morgan fingerprint density at radius 2 is 1.66 bits per heavy atom. The van der Waals surface area contributed by atoms with Gasteiger partial charge >= 0.3 is 6.36 Å². The highest BCUT2D eigenvalue weighted by Crippen LogP contribution is 2.28. The number of nitrogens with zero attached hydrogens (tertiary/aromatic N) is 3. The number of ether oxygens (including phenoxy) is 1. The Bertz CT molecular complexity index is 1100. The number of fused-ring (bicyclic) bond motifs is 1. The third-order valence-electron chi connectivity index (χ3n) is 5.11. The van der Waals surface area contributed by atoms with Crippen molar-refractivity contribution in [2.75, 3.05) is 37.6 Å². The average Bonchev–Trinajstić information content (AvgIpc) is 3.00. The van der Waals surface area contributed by atoms with Gasteiger partial charge in [0.1, 0.15) is 11.6 Å². The molecule has 0 amide bonds. The van der Waals surface area contributed by atoms with E-state index in [1.807, 2.05) is 11.0 Å². The van der Waals surface area contributed by atoms with E-state index in [1.54, 1.807) is 22.8 Å². The van der Waals surface area contributed by atoms with Gasteiger partial charge in [-0.05, 0) is 30.3 Å². The third-order valence-corrected chi connectivity index (χ3v) is 6.07. The predicted molar refractivity (Wildman–Crippen MR) is 122 cm³/mol. The first kappa shape index (κ1) is 26.2. The molecule has 0 atom stereocenters. The molecule has 0 aliphatic carbocycles.